The predicted octanol–water partition coefficient (Wildman–Crippen LogP) is 3.28. The van der Waals surface area contributed by atoms with Crippen molar-refractivity contribution in [1.29, 1.82) is 0 Å². The quantitative estimate of drug-likeness (QED) is 0.760. The van der Waals surface area contributed by atoms with Gasteiger partial charge in [0.05, 0.1) is 16.5 Å². The van der Waals surface area contributed by atoms with Gasteiger partial charge in [0, 0.05) is 6.54 Å². The smallest absolute Gasteiger partial charge is 0.290 e. The van der Waals surface area contributed by atoms with E-state index in [4.69, 9.17) is 0 Å². The van der Waals surface area contributed by atoms with Crippen LogP contribution in [0.25, 0.3) is 0 Å². The summed E-state index contributed by atoms with van der Waals surface area (Å²) < 4.78 is 0. The highest BCUT2D eigenvalue weighted by Crippen LogP contribution is 2.39. The van der Waals surface area contributed by atoms with Gasteiger partial charge in [-0.25, -0.2) is 0 Å². The van der Waals surface area contributed by atoms with Crippen LogP contribution >= 0.6 is 11.3 Å². The van der Waals surface area contributed by atoms with Gasteiger partial charge in [0.25, 0.3) is 5.91 Å². The molecule has 0 bridgehead atoms. The van der Waals surface area contributed by atoms with Gasteiger partial charge in [0.1, 0.15) is 0 Å². The molecule has 1 amide bonds. The van der Waals surface area contributed by atoms with Gasteiger partial charge in [-0.15, -0.1) is 11.3 Å². The molecule has 136 valence electrons. The van der Waals surface area contributed by atoms with Crippen molar-refractivity contribution in [3.8, 4) is 0 Å². The van der Waals surface area contributed by atoms with Crippen LogP contribution in [0, 0.1) is 0 Å². The normalized spacial score (nSPS) is 17.4. The van der Waals surface area contributed by atoms with Gasteiger partial charge in [-0.3, -0.25) is 9.59 Å². The Labute approximate surface area is 157 Å². The standard InChI is InChI=1S/C20H22N2O3S/c1-21(2)11-7-12-22-17(14-8-4-3-5-9-14)16(19(24)20(22)25)18(23)15-10-6-13-26-15/h3-6,8-10,13,17,24H,7,11-12H2,1-2H3/t17-/m0/s1. The number of carbonyl (C=O) groups excluding carboxylic acids is 2. The molecule has 2 aromatic rings. The van der Waals surface area contributed by atoms with Gasteiger partial charge in [-0.1, -0.05) is 36.4 Å². The summed E-state index contributed by atoms with van der Waals surface area (Å²) in [7, 11) is 3.95. The molecular weight excluding hydrogens is 348 g/mol. The van der Waals surface area contributed by atoms with Crippen molar-refractivity contribution in [3.63, 3.8) is 0 Å². The fourth-order valence-electron chi connectivity index (χ4n) is 3.20. The van der Waals surface area contributed by atoms with Crippen LogP contribution < -0.4 is 0 Å². The van der Waals surface area contributed by atoms with Crippen molar-refractivity contribution in [3.05, 3.63) is 69.6 Å². The van der Waals surface area contributed by atoms with E-state index in [1.54, 1.807) is 17.0 Å². The van der Waals surface area contributed by atoms with E-state index in [9.17, 15) is 14.7 Å². The Morgan fingerprint density at radius 1 is 1.19 bits per heavy atom. The Kier molecular flexibility index (Phi) is 5.54. The van der Waals surface area contributed by atoms with Crippen molar-refractivity contribution in [2.45, 2.75) is 12.5 Å². The molecule has 0 saturated carbocycles. The maximum Gasteiger partial charge on any atom is 0.290 e. The Balaban J connectivity index is 1.97. The zero-order valence-corrected chi connectivity index (χ0v) is 15.7. The van der Waals surface area contributed by atoms with Crippen LogP contribution in [0.15, 0.2) is 59.2 Å². The van der Waals surface area contributed by atoms with Crippen molar-refractivity contribution >= 4 is 23.0 Å². The lowest BCUT2D eigenvalue weighted by atomic mass is 9.95. The topological polar surface area (TPSA) is 60.9 Å². The summed E-state index contributed by atoms with van der Waals surface area (Å²) in [6, 6.07) is 12.4. The van der Waals surface area contributed by atoms with Gasteiger partial charge >= 0.3 is 0 Å². The van der Waals surface area contributed by atoms with Crippen LogP contribution in [0.2, 0.25) is 0 Å². The van der Waals surface area contributed by atoms with Crippen LogP contribution in [0.4, 0.5) is 0 Å². The third kappa shape index (κ3) is 3.57. The highest BCUT2D eigenvalue weighted by molar-refractivity contribution is 7.12. The van der Waals surface area contributed by atoms with Crippen LogP contribution in [0.3, 0.4) is 0 Å². The van der Waals surface area contributed by atoms with Crippen LogP contribution in [0.5, 0.6) is 0 Å². The van der Waals surface area contributed by atoms with E-state index in [1.165, 1.54) is 11.3 Å². The number of carbonyl (C=O) groups is 2. The Morgan fingerprint density at radius 3 is 2.54 bits per heavy atom. The summed E-state index contributed by atoms with van der Waals surface area (Å²) in [5.41, 5.74) is 1.00. The number of benzene rings is 1. The van der Waals surface area contributed by atoms with Gasteiger partial charge in [-0.05, 0) is 44.1 Å². The maximum absolute atomic E-state index is 13.0. The van der Waals surface area contributed by atoms with Crippen molar-refractivity contribution in [2.24, 2.45) is 0 Å². The summed E-state index contributed by atoms with van der Waals surface area (Å²) >= 11 is 1.31. The molecule has 1 atom stereocenters. The van der Waals surface area contributed by atoms with E-state index in [0.29, 0.717) is 11.4 Å². The number of nitrogens with zero attached hydrogens (tertiary/aromatic N) is 2. The molecule has 0 spiro atoms. The number of rotatable bonds is 7. The number of hydrogen-bond donors (Lipinski definition) is 1. The van der Waals surface area contributed by atoms with E-state index >= 15 is 0 Å². The van der Waals surface area contributed by atoms with E-state index in [2.05, 4.69) is 0 Å². The lowest BCUT2D eigenvalue weighted by molar-refractivity contribution is -0.129. The first kappa shape index (κ1) is 18.4. The minimum atomic E-state index is -0.555. The van der Waals surface area contributed by atoms with Gasteiger partial charge in [0.2, 0.25) is 5.78 Å². The molecule has 1 aromatic heterocycles. The molecule has 0 unspecified atom stereocenters. The minimum Gasteiger partial charge on any atom is -0.503 e. The highest BCUT2D eigenvalue weighted by Gasteiger charge is 2.43. The fourth-order valence-corrected chi connectivity index (χ4v) is 3.87. The number of amides is 1. The van der Waals surface area contributed by atoms with Gasteiger partial charge in [0.15, 0.2) is 5.76 Å². The first-order chi connectivity index (χ1) is 12.5. The number of ketones is 1. The van der Waals surface area contributed by atoms with Crippen LogP contribution in [-0.4, -0.2) is 53.8 Å². The lowest BCUT2D eigenvalue weighted by Gasteiger charge is -2.27. The zero-order chi connectivity index (χ0) is 18.7. The fraction of sp³-hybridized carbons (Fsp3) is 0.300. The molecule has 5 nitrogen and oxygen atoms in total. The number of Topliss-reactive ketones (excluding diaryl/α,β-unsaturated/α-hetero) is 1. The lowest BCUT2D eigenvalue weighted by Crippen LogP contribution is -2.33. The monoisotopic (exact) mass is 370 g/mol. The number of hydrogen-bond acceptors (Lipinski definition) is 5. The molecule has 0 saturated heterocycles. The average Bonchev–Trinajstić information content (AvgIpc) is 3.24. The van der Waals surface area contributed by atoms with Gasteiger partial charge in [-0.2, -0.15) is 0 Å². The molecule has 1 aromatic carbocycles. The second-order valence-corrected chi connectivity index (χ2v) is 7.48. The van der Waals surface area contributed by atoms with Crippen molar-refractivity contribution < 1.29 is 14.7 Å². The number of aliphatic hydroxyl groups excluding tert-OH is 1. The second kappa shape index (κ2) is 7.85. The Morgan fingerprint density at radius 2 is 1.92 bits per heavy atom. The Hall–Kier alpha value is -2.44. The molecule has 0 radical (unpaired) electrons. The van der Waals surface area contributed by atoms with E-state index in [0.717, 1.165) is 18.5 Å². The predicted molar refractivity (Wildman–Crippen MR) is 102 cm³/mol. The first-order valence-electron chi connectivity index (χ1n) is 8.52. The summed E-state index contributed by atoms with van der Waals surface area (Å²) in [5.74, 6) is -1.19. The van der Waals surface area contributed by atoms with Gasteiger partial charge < -0.3 is 14.9 Å². The molecule has 1 N–H and O–H groups in total. The third-order valence-electron chi connectivity index (χ3n) is 4.41. The SMILES string of the molecule is CN(C)CCCN1C(=O)C(O)=C(C(=O)c2cccs2)[C@@H]1c1ccccc1. The second-order valence-electron chi connectivity index (χ2n) is 6.54. The van der Waals surface area contributed by atoms with E-state index in [1.807, 2.05) is 54.7 Å². The largest absolute Gasteiger partial charge is 0.503 e. The molecule has 0 aliphatic carbocycles. The highest BCUT2D eigenvalue weighted by atomic mass is 32.1. The summed E-state index contributed by atoms with van der Waals surface area (Å²) in [5, 5.41) is 12.3. The first-order valence-corrected chi connectivity index (χ1v) is 9.40. The molecule has 26 heavy (non-hydrogen) atoms. The summed E-state index contributed by atoms with van der Waals surface area (Å²) in [6.45, 7) is 1.29. The number of thiophene rings is 1. The van der Waals surface area contributed by atoms with Crippen molar-refractivity contribution in [2.75, 3.05) is 27.2 Å². The van der Waals surface area contributed by atoms with Crippen LogP contribution in [0.1, 0.15) is 27.7 Å². The molecule has 1 aliphatic heterocycles. The third-order valence-corrected chi connectivity index (χ3v) is 5.28. The molecule has 3 rings (SSSR count). The molecule has 6 heteroatoms. The zero-order valence-electron chi connectivity index (χ0n) is 14.9. The van der Waals surface area contributed by atoms with Crippen molar-refractivity contribution in [1.82, 2.24) is 9.80 Å². The van der Waals surface area contributed by atoms with Crippen LogP contribution in [-0.2, 0) is 4.79 Å². The average molecular weight is 370 g/mol. The molecule has 0 fully saturated rings. The summed E-state index contributed by atoms with van der Waals surface area (Å²) in [4.78, 5) is 29.9. The Bertz CT molecular complexity index is 813. The molecular formula is C20H22N2O3S. The molecule has 2 heterocycles. The maximum atomic E-state index is 13.0. The molecule has 1 aliphatic rings. The minimum absolute atomic E-state index is 0.175. The summed E-state index contributed by atoms with van der Waals surface area (Å²) in [6.07, 6.45) is 0.760. The van der Waals surface area contributed by atoms with E-state index in [-0.39, 0.29) is 11.4 Å². The van der Waals surface area contributed by atoms with E-state index < -0.39 is 17.7 Å². The number of aliphatic hydroxyl groups is 1.